The van der Waals surface area contributed by atoms with Crippen LogP contribution < -0.4 is 10.5 Å². The van der Waals surface area contributed by atoms with Crippen LogP contribution in [0.3, 0.4) is 0 Å². The minimum Gasteiger partial charge on any atom is -0.492 e. The Kier molecular flexibility index (Phi) is 4.77. The third kappa shape index (κ3) is 3.20. The predicted octanol–water partition coefficient (Wildman–Crippen LogP) is 2.63. The molecule has 0 aliphatic rings. The zero-order valence-corrected chi connectivity index (χ0v) is 9.18. The molecule has 0 aromatic heterocycles. The molecule has 0 unspecified atom stereocenters. The quantitative estimate of drug-likeness (QED) is 0.816. The Morgan fingerprint density at radius 2 is 2.21 bits per heavy atom. The summed E-state index contributed by atoms with van der Waals surface area (Å²) in [7, 11) is 0. The lowest BCUT2D eigenvalue weighted by Gasteiger charge is -2.07. The van der Waals surface area contributed by atoms with Crippen molar-refractivity contribution >= 4 is 11.6 Å². The van der Waals surface area contributed by atoms with Crippen molar-refractivity contribution in [3.63, 3.8) is 0 Å². The summed E-state index contributed by atoms with van der Waals surface area (Å²) in [4.78, 5) is 0. The number of rotatable bonds is 5. The van der Waals surface area contributed by atoms with Crippen LogP contribution in [0.25, 0.3) is 0 Å². The Labute approximate surface area is 90.0 Å². The van der Waals surface area contributed by atoms with Crippen molar-refractivity contribution in [1.82, 2.24) is 0 Å². The smallest absolute Gasteiger partial charge is 0.137 e. The molecule has 2 nitrogen and oxygen atoms in total. The van der Waals surface area contributed by atoms with Crippen LogP contribution in [0, 0.1) is 0 Å². The van der Waals surface area contributed by atoms with E-state index in [-0.39, 0.29) is 0 Å². The maximum Gasteiger partial charge on any atom is 0.137 e. The van der Waals surface area contributed by atoms with Gasteiger partial charge in [-0.1, -0.05) is 24.6 Å². The summed E-state index contributed by atoms with van der Waals surface area (Å²) in [5.74, 6) is 0.759. The van der Waals surface area contributed by atoms with Crippen LogP contribution in [0.5, 0.6) is 5.75 Å². The van der Waals surface area contributed by atoms with Gasteiger partial charge in [-0.25, -0.2) is 0 Å². The van der Waals surface area contributed by atoms with E-state index in [0.29, 0.717) is 18.2 Å². The average Bonchev–Trinajstić information content (AvgIpc) is 2.17. The van der Waals surface area contributed by atoms with Crippen molar-refractivity contribution in [3.8, 4) is 5.75 Å². The Morgan fingerprint density at radius 1 is 1.43 bits per heavy atom. The SMILES string of the molecule is CCCOc1ccc(CCN)cc1Cl. The first-order valence-corrected chi connectivity index (χ1v) is 5.27. The summed E-state index contributed by atoms with van der Waals surface area (Å²) < 4.78 is 5.46. The van der Waals surface area contributed by atoms with E-state index in [4.69, 9.17) is 22.1 Å². The highest BCUT2D eigenvalue weighted by atomic mass is 35.5. The van der Waals surface area contributed by atoms with E-state index in [9.17, 15) is 0 Å². The van der Waals surface area contributed by atoms with Gasteiger partial charge in [-0.3, -0.25) is 0 Å². The van der Waals surface area contributed by atoms with Gasteiger partial charge in [0.1, 0.15) is 5.75 Å². The van der Waals surface area contributed by atoms with Gasteiger partial charge in [0, 0.05) is 0 Å². The first-order chi connectivity index (χ1) is 6.77. The lowest BCUT2D eigenvalue weighted by molar-refractivity contribution is 0.317. The molecule has 0 saturated heterocycles. The molecule has 0 heterocycles. The van der Waals surface area contributed by atoms with Gasteiger partial charge in [0.2, 0.25) is 0 Å². The highest BCUT2D eigenvalue weighted by Crippen LogP contribution is 2.25. The maximum atomic E-state index is 6.04. The summed E-state index contributed by atoms with van der Waals surface area (Å²) in [6.45, 7) is 3.41. The van der Waals surface area contributed by atoms with Gasteiger partial charge in [-0.15, -0.1) is 0 Å². The van der Waals surface area contributed by atoms with E-state index in [0.717, 1.165) is 24.2 Å². The molecule has 2 N–H and O–H groups in total. The van der Waals surface area contributed by atoms with Crippen LogP contribution in [0.1, 0.15) is 18.9 Å². The van der Waals surface area contributed by atoms with Gasteiger partial charge in [0.05, 0.1) is 11.6 Å². The number of ether oxygens (including phenoxy) is 1. The van der Waals surface area contributed by atoms with E-state index in [1.165, 1.54) is 0 Å². The van der Waals surface area contributed by atoms with Gasteiger partial charge in [0.15, 0.2) is 0 Å². The van der Waals surface area contributed by atoms with Crippen molar-refractivity contribution in [2.24, 2.45) is 5.73 Å². The molecule has 3 heteroatoms. The topological polar surface area (TPSA) is 35.2 Å². The first-order valence-electron chi connectivity index (χ1n) is 4.89. The molecule has 1 aromatic rings. The van der Waals surface area contributed by atoms with Gasteiger partial charge >= 0.3 is 0 Å². The zero-order valence-electron chi connectivity index (χ0n) is 8.42. The Bertz CT molecular complexity index is 289. The second-order valence-corrected chi connectivity index (χ2v) is 3.56. The summed E-state index contributed by atoms with van der Waals surface area (Å²) in [5, 5.41) is 0.671. The molecule has 78 valence electrons. The third-order valence-electron chi connectivity index (χ3n) is 1.89. The van der Waals surface area contributed by atoms with E-state index < -0.39 is 0 Å². The molecule has 0 fully saturated rings. The molecule has 1 rings (SSSR count). The molecule has 0 atom stereocenters. The largest absolute Gasteiger partial charge is 0.492 e. The van der Waals surface area contributed by atoms with Crippen molar-refractivity contribution in [3.05, 3.63) is 28.8 Å². The summed E-state index contributed by atoms with van der Waals surface area (Å²) in [6.07, 6.45) is 1.84. The van der Waals surface area contributed by atoms with E-state index in [2.05, 4.69) is 6.92 Å². The van der Waals surface area contributed by atoms with Crippen molar-refractivity contribution in [1.29, 1.82) is 0 Å². The first kappa shape index (κ1) is 11.3. The minimum absolute atomic E-state index is 0.644. The van der Waals surface area contributed by atoms with Crippen LogP contribution in [0.2, 0.25) is 5.02 Å². The lowest BCUT2D eigenvalue weighted by atomic mass is 10.1. The molecule has 0 saturated carbocycles. The number of hydrogen-bond donors (Lipinski definition) is 1. The molecule has 0 spiro atoms. The number of halogens is 1. The van der Waals surface area contributed by atoms with Crippen molar-refractivity contribution in [2.75, 3.05) is 13.2 Å². The van der Waals surface area contributed by atoms with Crippen LogP contribution in [0.15, 0.2) is 18.2 Å². The van der Waals surface area contributed by atoms with Crippen LogP contribution in [-0.2, 0) is 6.42 Å². The predicted molar refractivity (Wildman–Crippen MR) is 60.0 cm³/mol. The fourth-order valence-electron chi connectivity index (χ4n) is 1.20. The van der Waals surface area contributed by atoms with Crippen molar-refractivity contribution in [2.45, 2.75) is 19.8 Å². The number of nitrogens with two attached hydrogens (primary N) is 1. The molecular formula is C11H16ClNO. The summed E-state index contributed by atoms with van der Waals surface area (Å²) in [6, 6.07) is 5.83. The number of hydrogen-bond acceptors (Lipinski definition) is 2. The fourth-order valence-corrected chi connectivity index (χ4v) is 1.45. The molecule has 0 bridgehead atoms. The molecule has 0 amide bonds. The van der Waals surface area contributed by atoms with Crippen LogP contribution in [-0.4, -0.2) is 13.2 Å². The molecule has 0 aliphatic heterocycles. The van der Waals surface area contributed by atoms with Crippen LogP contribution in [0.4, 0.5) is 0 Å². The van der Waals surface area contributed by atoms with Gasteiger partial charge in [0.25, 0.3) is 0 Å². The molecule has 1 aromatic carbocycles. The second kappa shape index (κ2) is 5.89. The number of benzene rings is 1. The summed E-state index contributed by atoms with van der Waals surface area (Å²) in [5.41, 5.74) is 6.61. The monoisotopic (exact) mass is 213 g/mol. The Morgan fingerprint density at radius 3 is 2.79 bits per heavy atom. The zero-order chi connectivity index (χ0) is 10.4. The lowest BCUT2D eigenvalue weighted by Crippen LogP contribution is -2.03. The average molecular weight is 214 g/mol. The van der Waals surface area contributed by atoms with Gasteiger partial charge < -0.3 is 10.5 Å². The molecular weight excluding hydrogens is 198 g/mol. The molecule has 0 aliphatic carbocycles. The van der Waals surface area contributed by atoms with E-state index in [1.807, 2.05) is 18.2 Å². The maximum absolute atomic E-state index is 6.04. The molecule has 14 heavy (non-hydrogen) atoms. The van der Waals surface area contributed by atoms with E-state index >= 15 is 0 Å². The second-order valence-electron chi connectivity index (χ2n) is 3.15. The van der Waals surface area contributed by atoms with Gasteiger partial charge in [-0.05, 0) is 37.1 Å². The Balaban J connectivity index is 2.68. The summed E-state index contributed by atoms with van der Waals surface area (Å²) >= 11 is 6.04. The molecule has 0 radical (unpaired) electrons. The Hall–Kier alpha value is -0.730. The van der Waals surface area contributed by atoms with Gasteiger partial charge in [-0.2, -0.15) is 0 Å². The minimum atomic E-state index is 0.644. The fraction of sp³-hybridized carbons (Fsp3) is 0.455. The highest BCUT2D eigenvalue weighted by Gasteiger charge is 2.01. The normalized spacial score (nSPS) is 10.2. The van der Waals surface area contributed by atoms with E-state index in [1.54, 1.807) is 0 Å². The third-order valence-corrected chi connectivity index (χ3v) is 2.19. The highest BCUT2D eigenvalue weighted by molar-refractivity contribution is 6.32. The standard InChI is InChI=1S/C11H16ClNO/c1-2-7-14-11-4-3-9(5-6-13)8-10(11)12/h3-4,8H,2,5-7,13H2,1H3. The van der Waals surface area contributed by atoms with Crippen LogP contribution >= 0.6 is 11.6 Å². The van der Waals surface area contributed by atoms with Crippen molar-refractivity contribution < 1.29 is 4.74 Å².